The summed E-state index contributed by atoms with van der Waals surface area (Å²) in [6.07, 6.45) is 11.7. The predicted molar refractivity (Wildman–Crippen MR) is 128 cm³/mol. The number of ether oxygens (including phenoxy) is 1. The third-order valence-corrected chi connectivity index (χ3v) is 9.15. The number of carbonyl (C=O) groups is 1. The Balaban J connectivity index is 1.20. The van der Waals surface area contributed by atoms with Gasteiger partial charge >= 0.3 is 5.91 Å². The van der Waals surface area contributed by atoms with Crippen molar-refractivity contribution in [3.63, 3.8) is 0 Å². The summed E-state index contributed by atoms with van der Waals surface area (Å²) in [6.45, 7) is 7.15. The average Bonchev–Trinajstić information content (AvgIpc) is 3.37. The van der Waals surface area contributed by atoms with Crippen molar-refractivity contribution in [1.29, 1.82) is 0 Å². The Morgan fingerprint density at radius 3 is 2.63 bits per heavy atom. The van der Waals surface area contributed by atoms with Crippen LogP contribution in [-0.4, -0.2) is 82.5 Å². The Labute approximate surface area is 205 Å². The fourth-order valence-corrected chi connectivity index (χ4v) is 6.53. The predicted octanol–water partition coefficient (Wildman–Crippen LogP) is 1.80. The molecule has 2 aliphatic rings. The molecule has 0 aliphatic carbocycles. The molecule has 3 aromatic heterocycles. The van der Waals surface area contributed by atoms with E-state index in [2.05, 4.69) is 34.0 Å². The molecule has 182 valence electrons. The third-order valence-electron chi connectivity index (χ3n) is 6.90. The van der Waals surface area contributed by atoms with Crippen LogP contribution in [0.4, 0.5) is 0 Å². The number of piperidine rings is 1. The van der Waals surface area contributed by atoms with Crippen LogP contribution in [0.5, 0.6) is 0 Å². The highest BCUT2D eigenvalue weighted by Crippen LogP contribution is 2.27. The topological polar surface area (TPSA) is 96.9 Å². The van der Waals surface area contributed by atoms with Gasteiger partial charge in [-0.3, -0.25) is 9.38 Å². The van der Waals surface area contributed by atoms with Crippen LogP contribution in [0.25, 0.3) is 5.65 Å². The second kappa shape index (κ2) is 9.85. The van der Waals surface area contributed by atoms with Crippen LogP contribution in [0.1, 0.15) is 41.7 Å². The number of fused-ring (bicyclic) bond motifs is 1. The van der Waals surface area contributed by atoms with Crippen LogP contribution in [-0.2, 0) is 21.1 Å². The van der Waals surface area contributed by atoms with E-state index in [9.17, 15) is 13.2 Å². The fraction of sp³-hybridized carbons (Fsp3) is 0.440. The molecule has 5 rings (SSSR count). The molecule has 2 fully saturated rings. The van der Waals surface area contributed by atoms with Gasteiger partial charge in [0.05, 0.1) is 16.3 Å². The normalized spacial score (nSPS) is 18.4. The van der Waals surface area contributed by atoms with Crippen molar-refractivity contribution in [2.45, 2.75) is 48.4 Å². The number of rotatable bonds is 6. The van der Waals surface area contributed by atoms with E-state index in [1.807, 2.05) is 0 Å². The van der Waals surface area contributed by atoms with Crippen molar-refractivity contribution < 1.29 is 22.5 Å². The third kappa shape index (κ3) is 4.98. The van der Waals surface area contributed by atoms with Crippen molar-refractivity contribution >= 4 is 28.1 Å². The van der Waals surface area contributed by atoms with Crippen molar-refractivity contribution in [3.8, 4) is 0 Å². The first-order valence-corrected chi connectivity index (χ1v) is 13.4. The molecule has 1 amide bonds. The highest BCUT2D eigenvalue weighted by atomic mass is 32.2. The van der Waals surface area contributed by atoms with E-state index in [1.54, 1.807) is 34.9 Å². The maximum atomic E-state index is 13.2. The number of amides is 1. The standard InChI is InChI=1S/C25H28N5O4S/c1-28(25(31)19-2-5-24-26-10-13-30(24)17-19)18-20-3-4-23(16-27-20)35(32,33)22-6-11-29(12-7-22)21-8-14-34-15-9-21/h2-5,16-17,21-22H,1,6-9,11-12,14-15,18H2/q+1. The molecule has 9 nitrogen and oxygen atoms in total. The number of aromatic nitrogens is 3. The molecule has 35 heavy (non-hydrogen) atoms. The van der Waals surface area contributed by atoms with Gasteiger partial charge in [0, 0.05) is 37.8 Å². The zero-order valence-electron chi connectivity index (χ0n) is 19.5. The zero-order chi connectivity index (χ0) is 24.4. The maximum Gasteiger partial charge on any atom is 0.420 e. The largest absolute Gasteiger partial charge is 0.420 e. The molecule has 10 heteroatoms. The van der Waals surface area contributed by atoms with Gasteiger partial charge < -0.3 is 9.64 Å². The summed E-state index contributed by atoms with van der Waals surface area (Å²) >= 11 is 0. The summed E-state index contributed by atoms with van der Waals surface area (Å²) < 4.78 is 34.8. The van der Waals surface area contributed by atoms with Crippen molar-refractivity contribution in [2.75, 3.05) is 26.3 Å². The number of hydrogen-bond donors (Lipinski definition) is 0. The van der Waals surface area contributed by atoms with Crippen LogP contribution >= 0.6 is 0 Å². The van der Waals surface area contributed by atoms with Gasteiger partial charge in [-0.1, -0.05) is 0 Å². The van der Waals surface area contributed by atoms with Crippen LogP contribution < -0.4 is 0 Å². The van der Waals surface area contributed by atoms with Crippen LogP contribution in [0, 0.1) is 12.4 Å². The number of nitrogens with zero attached hydrogens (tertiary/aromatic N) is 5. The minimum absolute atomic E-state index is 0.153. The van der Waals surface area contributed by atoms with E-state index in [0.29, 0.717) is 35.8 Å². The molecule has 3 aromatic rings. The summed E-state index contributed by atoms with van der Waals surface area (Å²) in [6, 6.07) is 7.11. The van der Waals surface area contributed by atoms with E-state index < -0.39 is 15.1 Å². The van der Waals surface area contributed by atoms with Crippen molar-refractivity contribution in [1.82, 2.24) is 19.3 Å². The molecule has 0 saturated carbocycles. The van der Waals surface area contributed by atoms with Gasteiger partial charge in [-0.25, -0.2) is 13.2 Å². The summed E-state index contributed by atoms with van der Waals surface area (Å²) in [5, 5.41) is -0.399. The summed E-state index contributed by atoms with van der Waals surface area (Å²) in [7, 11) is -3.46. The first-order chi connectivity index (χ1) is 16.9. The Bertz CT molecular complexity index is 1320. The highest BCUT2D eigenvalue weighted by Gasteiger charge is 2.34. The van der Waals surface area contributed by atoms with Gasteiger partial charge in [0.25, 0.3) is 0 Å². The summed E-state index contributed by atoms with van der Waals surface area (Å²) in [4.78, 5) is 23.7. The zero-order valence-corrected chi connectivity index (χ0v) is 20.3. The molecular formula is C25H28N5O4S+. The quantitative estimate of drug-likeness (QED) is 0.381. The van der Waals surface area contributed by atoms with E-state index in [1.165, 1.54) is 10.8 Å². The van der Waals surface area contributed by atoms with Gasteiger partial charge in [0.1, 0.15) is 18.0 Å². The fourth-order valence-electron chi connectivity index (χ4n) is 4.85. The Morgan fingerprint density at radius 2 is 1.91 bits per heavy atom. The van der Waals surface area contributed by atoms with Crippen LogP contribution in [0.2, 0.25) is 0 Å². The average molecular weight is 495 g/mol. The number of sulfone groups is 1. The van der Waals surface area contributed by atoms with Crippen LogP contribution in [0.3, 0.4) is 0 Å². The summed E-state index contributed by atoms with van der Waals surface area (Å²) in [5.41, 5.74) is 1.64. The Hall–Kier alpha value is -3.13. The van der Waals surface area contributed by atoms with E-state index >= 15 is 0 Å². The lowest BCUT2D eigenvalue weighted by Gasteiger charge is -2.38. The number of hydrogen-bond acceptors (Lipinski definition) is 7. The van der Waals surface area contributed by atoms with E-state index in [-0.39, 0.29) is 17.3 Å². The Morgan fingerprint density at radius 1 is 1.14 bits per heavy atom. The molecule has 2 saturated heterocycles. The molecule has 2 aliphatic heterocycles. The highest BCUT2D eigenvalue weighted by molar-refractivity contribution is 7.92. The second-order valence-electron chi connectivity index (χ2n) is 9.09. The molecule has 0 radical (unpaired) electrons. The number of likely N-dealkylation sites (tertiary alicyclic amines) is 1. The monoisotopic (exact) mass is 494 g/mol. The molecule has 0 unspecified atom stereocenters. The van der Waals surface area contributed by atoms with E-state index in [0.717, 1.165) is 39.1 Å². The van der Waals surface area contributed by atoms with Gasteiger partial charge in [-0.2, -0.15) is 9.56 Å². The minimum atomic E-state index is -3.46. The molecular weight excluding hydrogens is 466 g/mol. The van der Waals surface area contributed by atoms with Crippen LogP contribution in [0.15, 0.2) is 41.6 Å². The van der Waals surface area contributed by atoms with Gasteiger partial charge in [-0.15, -0.1) is 0 Å². The van der Waals surface area contributed by atoms with Crippen molar-refractivity contribution in [2.24, 2.45) is 0 Å². The smallest absolute Gasteiger partial charge is 0.381 e. The van der Waals surface area contributed by atoms with Gasteiger partial charge in [-0.05, 0) is 63.0 Å². The molecule has 0 N–H and O–H groups in total. The lowest BCUT2D eigenvalue weighted by Crippen LogP contribution is -2.46. The van der Waals surface area contributed by atoms with E-state index in [4.69, 9.17) is 4.74 Å². The molecule has 0 aromatic carbocycles. The van der Waals surface area contributed by atoms with Gasteiger partial charge in [0.15, 0.2) is 22.0 Å². The Kier molecular flexibility index (Phi) is 6.65. The van der Waals surface area contributed by atoms with Gasteiger partial charge in [0.2, 0.25) is 0 Å². The number of pyridine rings is 2. The first-order valence-electron chi connectivity index (χ1n) is 11.8. The second-order valence-corrected chi connectivity index (χ2v) is 11.3. The lowest BCUT2D eigenvalue weighted by atomic mass is 10.0. The molecule has 5 heterocycles. The minimum Gasteiger partial charge on any atom is -0.381 e. The molecule has 0 atom stereocenters. The van der Waals surface area contributed by atoms with Crippen molar-refractivity contribution in [3.05, 3.63) is 60.3 Å². The maximum absolute atomic E-state index is 13.2. The lowest BCUT2D eigenvalue weighted by molar-refractivity contribution is -0.437. The molecule has 0 bridgehead atoms. The number of carbonyl (C=O) groups excluding carboxylic acids is 1. The molecule has 0 spiro atoms. The first kappa shape index (κ1) is 23.6. The SMILES string of the molecule is C=[N+](Cc1ccc(S(=O)(=O)C2CCN(C3CCOCC3)CC2)cn1)C(=O)c1ccc2nc#cn2c1. The summed E-state index contributed by atoms with van der Waals surface area (Å²) in [5.74, 6) is -0.288.